The van der Waals surface area contributed by atoms with Crippen LogP contribution in [0.25, 0.3) is 0 Å². The number of hydrogen-bond acceptors (Lipinski definition) is 17. The predicted octanol–water partition coefficient (Wildman–Crippen LogP) is -6.81. The smallest absolute Gasteiger partial charge is 0.326 e. The second-order valence-corrected chi connectivity index (χ2v) is 12.4. The minimum Gasteiger partial charge on any atom is -0.481 e. The number of thiol groups is 1. The molecule has 0 aliphatic heterocycles. The van der Waals surface area contributed by atoms with Crippen molar-refractivity contribution < 1.29 is 74.1 Å². The van der Waals surface area contributed by atoms with Gasteiger partial charge in [-0.2, -0.15) is 12.6 Å². The van der Waals surface area contributed by atoms with E-state index in [4.69, 9.17) is 15.3 Å². The molecule has 25 nitrogen and oxygen atoms in total. The molecular weight excluding hydrogens is 776 g/mol. The van der Waals surface area contributed by atoms with E-state index in [-0.39, 0.29) is 50.3 Å². The van der Waals surface area contributed by atoms with Crippen molar-refractivity contribution >= 4 is 71.6 Å². The molecule has 0 radical (unpaired) electrons. The zero-order valence-corrected chi connectivity index (χ0v) is 30.5. The summed E-state index contributed by atoms with van der Waals surface area (Å²) in [6, 6.07) is -9.03. The Morgan fingerprint density at radius 2 is 0.964 bits per heavy atom. The quantitative estimate of drug-likeness (QED) is 0.0212. The van der Waals surface area contributed by atoms with Crippen LogP contribution >= 0.6 is 12.6 Å². The molecule has 0 bridgehead atoms. The van der Waals surface area contributed by atoms with Crippen LogP contribution < -0.4 is 53.4 Å². The predicted molar refractivity (Wildman–Crippen MR) is 193 cm³/mol. The largest absolute Gasteiger partial charge is 0.481 e. The van der Waals surface area contributed by atoms with Gasteiger partial charge in [0.05, 0.1) is 26.4 Å². The van der Waals surface area contributed by atoms with Gasteiger partial charge in [-0.1, -0.05) is 0 Å². The number of carboxylic acid groups (broad SMARTS) is 3. The van der Waals surface area contributed by atoms with Crippen LogP contribution in [-0.2, 0) is 33.6 Å². The van der Waals surface area contributed by atoms with Gasteiger partial charge in [0.2, 0.25) is 23.6 Å². The van der Waals surface area contributed by atoms with Crippen molar-refractivity contribution in [2.24, 2.45) is 0 Å². The number of anilines is 2. The van der Waals surface area contributed by atoms with Crippen LogP contribution in [0, 0.1) is 0 Å². The third kappa shape index (κ3) is 16.0. The highest BCUT2D eigenvalue weighted by Gasteiger charge is 2.30. The number of aliphatic carboxylic acids is 3. The number of carbonyl (C=O) groups excluding carboxylic acids is 5. The highest BCUT2D eigenvalue weighted by molar-refractivity contribution is 7.81. The number of carboxylic acids is 3. The van der Waals surface area contributed by atoms with Crippen LogP contribution in [0.15, 0.2) is 9.59 Å². The molecule has 6 amide bonds. The minimum absolute atomic E-state index is 0.0768. The van der Waals surface area contributed by atoms with E-state index < -0.39 is 133 Å². The van der Waals surface area contributed by atoms with Gasteiger partial charge in [0, 0.05) is 26.1 Å². The topological polar surface area (TPSA) is 409 Å². The van der Waals surface area contributed by atoms with E-state index in [0.717, 1.165) is 0 Å². The zero-order chi connectivity index (χ0) is 42.5. The number of aliphatic hydroxyl groups is 4. The fraction of sp³-hybridized carbons (Fsp3) is 0.600. The minimum atomic E-state index is -1.69. The number of rotatable bonds is 28. The summed E-state index contributed by atoms with van der Waals surface area (Å²) in [5, 5.41) is 81.8. The van der Waals surface area contributed by atoms with Crippen LogP contribution in [0.5, 0.6) is 0 Å². The van der Waals surface area contributed by atoms with Crippen molar-refractivity contribution in [1.82, 2.24) is 31.9 Å². The van der Waals surface area contributed by atoms with Crippen LogP contribution in [0.2, 0.25) is 0 Å². The molecule has 26 heteroatoms. The highest BCUT2D eigenvalue weighted by atomic mass is 32.1. The molecule has 0 fully saturated rings. The number of urea groups is 1. The van der Waals surface area contributed by atoms with Gasteiger partial charge in [-0.3, -0.25) is 33.6 Å². The van der Waals surface area contributed by atoms with E-state index in [9.17, 15) is 68.4 Å². The number of nitrogens with one attached hydrogen (secondary N) is 8. The van der Waals surface area contributed by atoms with Gasteiger partial charge in [-0.05, 0) is 25.7 Å². The Hall–Kier alpha value is -5.57. The summed E-state index contributed by atoms with van der Waals surface area (Å²) in [6.45, 7) is -3.79. The Labute approximate surface area is 322 Å². The summed E-state index contributed by atoms with van der Waals surface area (Å²) in [5.74, 6) is -8.30. The maximum atomic E-state index is 12.6. The number of carbonyl (C=O) groups is 8. The summed E-state index contributed by atoms with van der Waals surface area (Å²) in [7, 11) is 0. The van der Waals surface area contributed by atoms with E-state index in [1.807, 2.05) is 5.32 Å². The molecular formula is C30H46N8O17S. The normalized spacial score (nSPS) is 14.1. The Kier molecular flexibility index (Phi) is 21.4. The first kappa shape index (κ1) is 48.4. The maximum Gasteiger partial charge on any atom is 0.326 e. The van der Waals surface area contributed by atoms with Crippen molar-refractivity contribution in [3.05, 3.63) is 20.4 Å². The van der Waals surface area contributed by atoms with Gasteiger partial charge in [0.1, 0.15) is 46.8 Å². The lowest BCUT2D eigenvalue weighted by Crippen LogP contribution is -2.59. The number of unbranched alkanes of at least 4 members (excludes halogenated alkanes) is 1. The first-order valence-electron chi connectivity index (χ1n) is 16.8. The standard InChI is InChI=1S/C30H46N8O17S/c39-9-15(34-25(48)16(10-40)35-26(49)17(11-41)36-27(50)18(56)12-42)24(47)33-8-7-32-21-20(22(45)23(21)46)31-6-2-1-3-13(28(51)52)37-30(55)38-14(29(53)54)4-5-19(43)44/h13-18,31-32,39-42,56H,1-12H2,(H,33,47)(H,34,48)(H,35,49)(H,36,50)(H,43,44)(H,51,52)(H,53,54)(H2,37,38,55). The monoisotopic (exact) mass is 822 g/mol. The summed E-state index contributed by atoms with van der Waals surface area (Å²) in [6.07, 6.45) is -0.692. The van der Waals surface area contributed by atoms with Gasteiger partial charge < -0.3 is 78.3 Å². The lowest BCUT2D eigenvalue weighted by molar-refractivity contribution is -0.141. The first-order chi connectivity index (χ1) is 26.4. The molecule has 0 spiro atoms. The Morgan fingerprint density at radius 1 is 0.518 bits per heavy atom. The van der Waals surface area contributed by atoms with Crippen molar-refractivity contribution in [1.29, 1.82) is 0 Å². The highest BCUT2D eigenvalue weighted by Crippen LogP contribution is 2.14. The van der Waals surface area contributed by atoms with Gasteiger partial charge in [0.15, 0.2) is 0 Å². The van der Waals surface area contributed by atoms with Crippen LogP contribution in [0.4, 0.5) is 16.2 Å². The Balaban J connectivity index is 2.59. The first-order valence-corrected chi connectivity index (χ1v) is 17.3. The summed E-state index contributed by atoms with van der Waals surface area (Å²) < 4.78 is 0. The van der Waals surface area contributed by atoms with Gasteiger partial charge >= 0.3 is 23.9 Å². The maximum absolute atomic E-state index is 12.6. The fourth-order valence-electron chi connectivity index (χ4n) is 4.53. The second kappa shape index (κ2) is 24.8. The van der Waals surface area contributed by atoms with Crippen molar-refractivity contribution in [3.8, 4) is 0 Å². The summed E-state index contributed by atoms with van der Waals surface area (Å²) >= 11 is 3.78. The van der Waals surface area contributed by atoms with Gasteiger partial charge in [-0.15, -0.1) is 0 Å². The number of hydrogen-bond donors (Lipinski definition) is 16. The van der Waals surface area contributed by atoms with Gasteiger partial charge in [-0.25, -0.2) is 14.4 Å². The number of amides is 6. The van der Waals surface area contributed by atoms with Crippen molar-refractivity contribution in [3.63, 3.8) is 0 Å². The molecule has 0 heterocycles. The molecule has 0 aliphatic rings. The van der Waals surface area contributed by atoms with Crippen LogP contribution in [0.3, 0.4) is 0 Å². The lowest BCUT2D eigenvalue weighted by atomic mass is 10.1. The summed E-state index contributed by atoms with van der Waals surface area (Å²) in [4.78, 5) is 119. The molecule has 6 atom stereocenters. The van der Waals surface area contributed by atoms with E-state index in [1.54, 1.807) is 0 Å². The third-order valence-electron chi connectivity index (χ3n) is 7.63. The van der Waals surface area contributed by atoms with E-state index in [1.165, 1.54) is 0 Å². The molecule has 6 unspecified atom stereocenters. The molecule has 1 rings (SSSR count). The van der Waals surface area contributed by atoms with Crippen LogP contribution in [-0.4, -0.2) is 165 Å². The lowest BCUT2D eigenvalue weighted by Gasteiger charge is -2.23. The number of aliphatic hydroxyl groups excluding tert-OH is 4. The average molecular weight is 823 g/mol. The third-order valence-corrected chi connectivity index (χ3v) is 8.03. The van der Waals surface area contributed by atoms with Crippen LogP contribution in [0.1, 0.15) is 32.1 Å². The van der Waals surface area contributed by atoms with Gasteiger partial charge in [0.25, 0.3) is 10.9 Å². The van der Waals surface area contributed by atoms with Crippen molar-refractivity contribution in [2.45, 2.75) is 67.6 Å². The molecule has 1 aromatic rings. The molecule has 0 saturated carbocycles. The van der Waals surface area contributed by atoms with E-state index in [0.29, 0.717) is 0 Å². The average Bonchev–Trinajstić information content (AvgIpc) is 3.16. The Morgan fingerprint density at radius 3 is 1.41 bits per heavy atom. The molecule has 0 aliphatic carbocycles. The fourth-order valence-corrected chi connectivity index (χ4v) is 4.61. The molecule has 15 N–H and O–H groups in total. The Bertz CT molecular complexity index is 1620. The molecule has 314 valence electrons. The van der Waals surface area contributed by atoms with E-state index >= 15 is 0 Å². The molecule has 0 aromatic heterocycles. The van der Waals surface area contributed by atoms with Crippen molar-refractivity contribution in [2.75, 3.05) is 56.7 Å². The molecule has 0 saturated heterocycles. The summed E-state index contributed by atoms with van der Waals surface area (Å²) in [5.41, 5.74) is -1.93. The molecule has 56 heavy (non-hydrogen) atoms. The zero-order valence-electron chi connectivity index (χ0n) is 29.6. The van der Waals surface area contributed by atoms with E-state index in [2.05, 4.69) is 49.8 Å². The second-order valence-electron chi connectivity index (χ2n) is 11.8. The molecule has 1 aromatic carbocycles. The SMILES string of the molecule is O=C(O)CCC(NC(=O)NC(CCCCNc1c(NCCNC(=O)C(CO)NC(=O)C(CO)NC(=O)C(CO)NC(=O)C(S)CO)c(=O)c1=O)C(=O)O)C(=O)O.